The van der Waals surface area contributed by atoms with Crippen molar-refractivity contribution < 1.29 is 0 Å². The van der Waals surface area contributed by atoms with Crippen LogP contribution in [-0.4, -0.2) is 4.98 Å². The molecule has 44 heavy (non-hydrogen) atoms. The molecule has 0 unspecified atom stereocenters. The Morgan fingerprint density at radius 1 is 0.477 bits per heavy atom. The first-order chi connectivity index (χ1) is 21.6. The monoisotopic (exact) mass is 579 g/mol. The van der Waals surface area contributed by atoms with E-state index in [9.17, 15) is 0 Å². The lowest BCUT2D eigenvalue weighted by molar-refractivity contribution is 0.660. The van der Waals surface area contributed by atoms with Crippen LogP contribution in [0, 0.1) is 0 Å². The molecule has 9 rings (SSSR count). The summed E-state index contributed by atoms with van der Waals surface area (Å²) in [5, 5.41) is 6.06. The fourth-order valence-electron chi connectivity index (χ4n) is 7.45. The normalized spacial score (nSPS) is 13.4. The number of nitrogens with zero attached hydrogens (tertiary/aromatic N) is 1. The molecule has 0 saturated carbocycles. The third kappa shape index (κ3) is 3.61. The number of hydrogen-bond acceptors (Lipinski definition) is 2. The van der Waals surface area contributed by atoms with Gasteiger partial charge in [0.15, 0.2) is 0 Å². The predicted molar refractivity (Wildman–Crippen MR) is 189 cm³/mol. The highest BCUT2D eigenvalue weighted by atomic mass is 32.1. The van der Waals surface area contributed by atoms with Gasteiger partial charge < -0.3 is 0 Å². The minimum absolute atomic E-state index is 0.0658. The Morgan fingerprint density at radius 3 is 1.98 bits per heavy atom. The number of benzene rings is 7. The second-order valence-electron chi connectivity index (χ2n) is 12.3. The van der Waals surface area contributed by atoms with Crippen molar-refractivity contribution in [2.75, 3.05) is 0 Å². The zero-order valence-electron chi connectivity index (χ0n) is 24.6. The van der Waals surface area contributed by atoms with E-state index in [0.717, 1.165) is 10.5 Å². The molecule has 8 aromatic rings. The van der Waals surface area contributed by atoms with Crippen LogP contribution in [0.25, 0.3) is 75.7 Å². The summed E-state index contributed by atoms with van der Waals surface area (Å²) in [4.78, 5) is 5.19. The van der Waals surface area contributed by atoms with Gasteiger partial charge in [-0.3, -0.25) is 0 Å². The van der Waals surface area contributed by atoms with Crippen LogP contribution in [0.2, 0.25) is 0 Å². The van der Waals surface area contributed by atoms with Crippen molar-refractivity contribution in [3.05, 3.63) is 151 Å². The predicted octanol–water partition coefficient (Wildman–Crippen LogP) is 11.9. The second kappa shape index (κ2) is 9.47. The fraction of sp³-hybridized carbons (Fsp3) is 0.0714. The van der Waals surface area contributed by atoms with Gasteiger partial charge in [0.1, 0.15) is 5.01 Å². The van der Waals surface area contributed by atoms with E-state index in [1.165, 1.54) is 76.3 Å². The molecule has 0 atom stereocenters. The van der Waals surface area contributed by atoms with Gasteiger partial charge in [-0.05, 0) is 84.3 Å². The lowest BCUT2D eigenvalue weighted by Crippen LogP contribution is -2.14. The van der Waals surface area contributed by atoms with E-state index in [2.05, 4.69) is 153 Å². The summed E-state index contributed by atoms with van der Waals surface area (Å²) in [5.41, 5.74) is 12.7. The Bertz CT molecular complexity index is 2380. The summed E-state index contributed by atoms with van der Waals surface area (Å²) in [5.74, 6) is 0. The molecule has 1 heterocycles. The molecule has 0 fully saturated rings. The number of rotatable bonds is 3. The number of hydrogen-bond donors (Lipinski definition) is 0. The van der Waals surface area contributed by atoms with Gasteiger partial charge in [-0.25, -0.2) is 4.98 Å². The SMILES string of the molecule is CC1(C)c2ccccc2-c2c(-c3c4ccccc4c(-c4nc5ccccc5s4)c4ccc(-c5ccccc5)cc34)cccc21. The molecule has 0 N–H and O–H groups in total. The molecule has 0 bridgehead atoms. The first kappa shape index (κ1) is 25.4. The highest BCUT2D eigenvalue weighted by Crippen LogP contribution is 2.54. The first-order valence-corrected chi connectivity index (χ1v) is 16.0. The Morgan fingerprint density at radius 2 is 1.14 bits per heavy atom. The number of aromatic nitrogens is 1. The average Bonchev–Trinajstić information content (AvgIpc) is 3.60. The van der Waals surface area contributed by atoms with Crippen LogP contribution in [0.5, 0.6) is 0 Å². The molecular formula is C42H29NS. The van der Waals surface area contributed by atoms with E-state index < -0.39 is 0 Å². The molecular weight excluding hydrogens is 551 g/mol. The molecule has 0 aliphatic heterocycles. The first-order valence-electron chi connectivity index (χ1n) is 15.2. The standard InChI is InChI=1S/C42H29NS/c1-42(2)34-19-9-8-17-31(34)39-32(18-12-20-35(39)42)38-28-15-6-7-16-29(28)40(41-43-36-21-10-11-22-37(36)44-41)30-24-23-27(25-33(30)38)26-13-4-3-5-14-26/h3-25H,1-2H3. The molecule has 0 spiro atoms. The minimum Gasteiger partial charge on any atom is -0.236 e. The quantitative estimate of drug-likeness (QED) is 0.190. The molecule has 0 amide bonds. The topological polar surface area (TPSA) is 12.9 Å². The molecule has 1 aliphatic rings. The van der Waals surface area contributed by atoms with Crippen molar-refractivity contribution in [1.29, 1.82) is 0 Å². The summed E-state index contributed by atoms with van der Waals surface area (Å²) in [6.07, 6.45) is 0. The van der Waals surface area contributed by atoms with E-state index in [0.29, 0.717) is 0 Å². The summed E-state index contributed by atoms with van der Waals surface area (Å²) in [7, 11) is 0. The van der Waals surface area contributed by atoms with Crippen LogP contribution in [0.4, 0.5) is 0 Å². The van der Waals surface area contributed by atoms with Gasteiger partial charge in [0.05, 0.1) is 10.2 Å². The molecule has 1 nitrogen and oxygen atoms in total. The third-order valence-electron chi connectivity index (χ3n) is 9.52. The van der Waals surface area contributed by atoms with Crippen LogP contribution >= 0.6 is 11.3 Å². The number of fused-ring (bicyclic) bond motifs is 6. The second-order valence-corrected chi connectivity index (χ2v) is 13.3. The van der Waals surface area contributed by atoms with Crippen molar-refractivity contribution in [1.82, 2.24) is 4.98 Å². The molecule has 7 aromatic carbocycles. The fourth-order valence-corrected chi connectivity index (χ4v) is 8.49. The zero-order chi connectivity index (χ0) is 29.4. The lowest BCUT2D eigenvalue weighted by atomic mass is 9.81. The Hall–Kier alpha value is -5.05. The Balaban J connectivity index is 1.45. The minimum atomic E-state index is -0.0658. The molecule has 1 aliphatic carbocycles. The molecule has 1 aromatic heterocycles. The van der Waals surface area contributed by atoms with Gasteiger partial charge in [0, 0.05) is 11.0 Å². The Kier molecular flexibility index (Phi) is 5.48. The van der Waals surface area contributed by atoms with Gasteiger partial charge >= 0.3 is 0 Å². The van der Waals surface area contributed by atoms with E-state index >= 15 is 0 Å². The summed E-state index contributed by atoms with van der Waals surface area (Å²) < 4.78 is 1.21. The van der Waals surface area contributed by atoms with Crippen molar-refractivity contribution >= 4 is 43.1 Å². The van der Waals surface area contributed by atoms with E-state index in [-0.39, 0.29) is 5.41 Å². The average molecular weight is 580 g/mol. The summed E-state index contributed by atoms with van der Waals surface area (Å²) in [6.45, 7) is 4.72. The maximum absolute atomic E-state index is 5.19. The maximum atomic E-state index is 5.19. The number of thiazole rings is 1. The molecule has 0 radical (unpaired) electrons. The van der Waals surface area contributed by atoms with E-state index in [1.54, 1.807) is 11.3 Å². The molecule has 0 saturated heterocycles. The maximum Gasteiger partial charge on any atom is 0.125 e. The van der Waals surface area contributed by atoms with Crippen LogP contribution in [0.1, 0.15) is 25.0 Å². The van der Waals surface area contributed by atoms with E-state index in [1.807, 2.05) is 0 Å². The third-order valence-corrected chi connectivity index (χ3v) is 10.6. The summed E-state index contributed by atoms with van der Waals surface area (Å²) in [6, 6.07) is 51.1. The molecule has 208 valence electrons. The van der Waals surface area contributed by atoms with Gasteiger partial charge in [0.25, 0.3) is 0 Å². The van der Waals surface area contributed by atoms with Crippen LogP contribution in [-0.2, 0) is 5.41 Å². The van der Waals surface area contributed by atoms with Crippen molar-refractivity contribution in [3.8, 4) is 44.0 Å². The van der Waals surface area contributed by atoms with Crippen molar-refractivity contribution in [2.45, 2.75) is 19.3 Å². The van der Waals surface area contributed by atoms with Gasteiger partial charge in [-0.1, -0.05) is 135 Å². The smallest absolute Gasteiger partial charge is 0.125 e. The van der Waals surface area contributed by atoms with Gasteiger partial charge in [0.2, 0.25) is 0 Å². The highest BCUT2D eigenvalue weighted by Gasteiger charge is 2.37. The lowest BCUT2D eigenvalue weighted by Gasteiger charge is -2.22. The zero-order valence-corrected chi connectivity index (χ0v) is 25.5. The summed E-state index contributed by atoms with van der Waals surface area (Å²) >= 11 is 1.78. The largest absolute Gasteiger partial charge is 0.236 e. The van der Waals surface area contributed by atoms with E-state index in [4.69, 9.17) is 4.98 Å². The number of para-hydroxylation sites is 1. The van der Waals surface area contributed by atoms with Crippen LogP contribution in [0.3, 0.4) is 0 Å². The van der Waals surface area contributed by atoms with Gasteiger partial charge in [-0.2, -0.15) is 0 Å². The Labute approximate surface area is 261 Å². The van der Waals surface area contributed by atoms with Crippen LogP contribution in [0.15, 0.2) is 140 Å². The van der Waals surface area contributed by atoms with Crippen molar-refractivity contribution in [2.24, 2.45) is 0 Å². The van der Waals surface area contributed by atoms with Crippen LogP contribution < -0.4 is 0 Å². The van der Waals surface area contributed by atoms with Gasteiger partial charge in [-0.15, -0.1) is 11.3 Å². The molecule has 2 heteroatoms. The highest BCUT2D eigenvalue weighted by molar-refractivity contribution is 7.21. The van der Waals surface area contributed by atoms with Crippen molar-refractivity contribution in [3.63, 3.8) is 0 Å².